The maximum atomic E-state index is 13.2. The van der Waals surface area contributed by atoms with Crippen molar-refractivity contribution in [2.75, 3.05) is 19.1 Å². The summed E-state index contributed by atoms with van der Waals surface area (Å²) < 4.78 is 18.2. The molecule has 0 aliphatic rings. The lowest BCUT2D eigenvalue weighted by atomic mass is 10.2. The second kappa shape index (κ2) is 5.63. The van der Waals surface area contributed by atoms with Crippen molar-refractivity contribution in [1.29, 1.82) is 0 Å². The Morgan fingerprint density at radius 2 is 2.24 bits per heavy atom. The number of hydrogen-bond acceptors (Lipinski definition) is 3. The molecule has 0 radical (unpaired) electrons. The Labute approximate surface area is 100 Å². The Hall–Kier alpha value is -1.62. The maximum Gasteiger partial charge on any atom is 0.228 e. The summed E-state index contributed by atoms with van der Waals surface area (Å²) in [6.45, 7) is 1.74. The molecule has 17 heavy (non-hydrogen) atoms. The van der Waals surface area contributed by atoms with E-state index in [0.29, 0.717) is 11.4 Å². The van der Waals surface area contributed by atoms with Crippen molar-refractivity contribution in [3.05, 3.63) is 24.0 Å². The van der Waals surface area contributed by atoms with Gasteiger partial charge in [-0.2, -0.15) is 0 Å². The number of carbonyl (C=O) groups is 1. The molecular formula is C12H17FN2O2. The quantitative estimate of drug-likeness (QED) is 0.868. The van der Waals surface area contributed by atoms with Crippen LogP contribution >= 0.6 is 0 Å². The lowest BCUT2D eigenvalue weighted by Crippen LogP contribution is -2.32. The predicted molar refractivity (Wildman–Crippen MR) is 64.6 cm³/mol. The highest BCUT2D eigenvalue weighted by Gasteiger charge is 2.17. The third kappa shape index (κ3) is 3.42. The monoisotopic (exact) mass is 240 g/mol. The van der Waals surface area contributed by atoms with Gasteiger partial charge in [0.25, 0.3) is 0 Å². The standard InChI is InChI=1S/C12H17FN2O2/c1-8(14)6-12(16)15(2)10-7-9(13)4-5-11(10)17-3/h4-5,7-8H,6,14H2,1-3H3. The summed E-state index contributed by atoms with van der Waals surface area (Å²) in [6, 6.07) is 3.80. The van der Waals surface area contributed by atoms with Crippen LogP contribution in [0.2, 0.25) is 0 Å². The molecule has 1 unspecified atom stereocenters. The molecule has 0 saturated heterocycles. The first kappa shape index (κ1) is 13.4. The van der Waals surface area contributed by atoms with Gasteiger partial charge in [0.1, 0.15) is 11.6 Å². The van der Waals surface area contributed by atoms with Gasteiger partial charge in [-0.1, -0.05) is 0 Å². The van der Waals surface area contributed by atoms with Gasteiger partial charge in [0.15, 0.2) is 0 Å². The minimum atomic E-state index is -0.416. The number of nitrogens with two attached hydrogens (primary N) is 1. The summed E-state index contributed by atoms with van der Waals surface area (Å²) in [6.07, 6.45) is 0.205. The van der Waals surface area contributed by atoms with Crippen molar-refractivity contribution in [2.45, 2.75) is 19.4 Å². The molecule has 1 aromatic carbocycles. The Morgan fingerprint density at radius 1 is 1.59 bits per heavy atom. The molecule has 0 bridgehead atoms. The number of ether oxygens (including phenoxy) is 1. The zero-order valence-corrected chi connectivity index (χ0v) is 10.2. The van der Waals surface area contributed by atoms with Crippen LogP contribution in [0, 0.1) is 5.82 Å². The number of nitrogens with zero attached hydrogens (tertiary/aromatic N) is 1. The molecule has 2 N–H and O–H groups in total. The predicted octanol–water partition coefficient (Wildman–Crippen LogP) is 1.53. The number of halogens is 1. The van der Waals surface area contributed by atoms with Gasteiger partial charge in [0.05, 0.1) is 12.8 Å². The largest absolute Gasteiger partial charge is 0.495 e. The molecule has 1 aromatic rings. The van der Waals surface area contributed by atoms with E-state index in [-0.39, 0.29) is 18.4 Å². The SMILES string of the molecule is COc1ccc(F)cc1N(C)C(=O)CC(C)N. The zero-order valence-electron chi connectivity index (χ0n) is 10.2. The van der Waals surface area contributed by atoms with Gasteiger partial charge in [-0.15, -0.1) is 0 Å². The topological polar surface area (TPSA) is 55.6 Å². The van der Waals surface area contributed by atoms with Gasteiger partial charge in [-0.25, -0.2) is 4.39 Å². The highest BCUT2D eigenvalue weighted by atomic mass is 19.1. The molecule has 0 aromatic heterocycles. The van der Waals surface area contributed by atoms with Gasteiger partial charge in [0.2, 0.25) is 5.91 Å². The molecule has 94 valence electrons. The minimum absolute atomic E-state index is 0.177. The summed E-state index contributed by atoms with van der Waals surface area (Å²) in [4.78, 5) is 13.2. The second-order valence-electron chi connectivity index (χ2n) is 3.95. The van der Waals surface area contributed by atoms with E-state index in [9.17, 15) is 9.18 Å². The number of benzene rings is 1. The first-order valence-electron chi connectivity index (χ1n) is 5.31. The number of methoxy groups -OCH3 is 1. The smallest absolute Gasteiger partial charge is 0.228 e. The molecule has 1 amide bonds. The van der Waals surface area contributed by atoms with E-state index in [0.717, 1.165) is 0 Å². The highest BCUT2D eigenvalue weighted by Crippen LogP contribution is 2.28. The summed E-state index contributed by atoms with van der Waals surface area (Å²) in [7, 11) is 3.04. The molecular weight excluding hydrogens is 223 g/mol. The molecule has 0 heterocycles. The number of amides is 1. The van der Waals surface area contributed by atoms with Crippen LogP contribution in [-0.4, -0.2) is 26.1 Å². The minimum Gasteiger partial charge on any atom is -0.495 e. The molecule has 1 atom stereocenters. The normalized spacial score (nSPS) is 12.1. The van der Waals surface area contributed by atoms with Crippen LogP contribution in [0.5, 0.6) is 5.75 Å². The first-order valence-corrected chi connectivity index (χ1v) is 5.31. The fourth-order valence-electron chi connectivity index (χ4n) is 1.47. The average Bonchev–Trinajstić information content (AvgIpc) is 2.27. The average molecular weight is 240 g/mol. The Kier molecular flexibility index (Phi) is 4.45. The van der Waals surface area contributed by atoms with Crippen LogP contribution in [0.4, 0.5) is 10.1 Å². The van der Waals surface area contributed by atoms with E-state index in [1.807, 2.05) is 0 Å². The van der Waals surface area contributed by atoms with Gasteiger partial charge in [-0.3, -0.25) is 4.79 Å². The van der Waals surface area contributed by atoms with Gasteiger partial charge in [0, 0.05) is 25.6 Å². The van der Waals surface area contributed by atoms with Crippen molar-refractivity contribution >= 4 is 11.6 Å². The summed E-state index contributed by atoms with van der Waals surface area (Å²) in [5.74, 6) is -0.142. The maximum absolute atomic E-state index is 13.2. The lowest BCUT2D eigenvalue weighted by molar-refractivity contribution is -0.118. The molecule has 5 heteroatoms. The van der Waals surface area contributed by atoms with Crippen molar-refractivity contribution < 1.29 is 13.9 Å². The van der Waals surface area contributed by atoms with Crippen LogP contribution in [-0.2, 0) is 4.79 Å². The number of anilines is 1. The Balaban J connectivity index is 2.98. The summed E-state index contributed by atoms with van der Waals surface area (Å²) >= 11 is 0. The van der Waals surface area contributed by atoms with Crippen LogP contribution in [0.1, 0.15) is 13.3 Å². The van der Waals surface area contributed by atoms with Crippen LogP contribution < -0.4 is 15.4 Å². The van der Waals surface area contributed by atoms with E-state index in [1.165, 1.54) is 30.2 Å². The first-order chi connectivity index (χ1) is 7.95. The molecule has 0 saturated carbocycles. The molecule has 0 spiro atoms. The van der Waals surface area contributed by atoms with E-state index in [2.05, 4.69) is 0 Å². The molecule has 0 fully saturated rings. The van der Waals surface area contributed by atoms with E-state index >= 15 is 0 Å². The van der Waals surface area contributed by atoms with Crippen molar-refractivity contribution in [2.24, 2.45) is 5.73 Å². The molecule has 1 rings (SSSR count). The number of rotatable bonds is 4. The number of carbonyl (C=O) groups excluding carboxylic acids is 1. The lowest BCUT2D eigenvalue weighted by Gasteiger charge is -2.20. The van der Waals surface area contributed by atoms with E-state index < -0.39 is 5.82 Å². The fourth-order valence-corrected chi connectivity index (χ4v) is 1.47. The van der Waals surface area contributed by atoms with Crippen LogP contribution in [0.15, 0.2) is 18.2 Å². The van der Waals surface area contributed by atoms with Crippen LogP contribution in [0.25, 0.3) is 0 Å². The molecule has 0 aliphatic heterocycles. The zero-order chi connectivity index (χ0) is 13.0. The third-order valence-corrected chi connectivity index (χ3v) is 2.37. The summed E-state index contributed by atoms with van der Waals surface area (Å²) in [5.41, 5.74) is 5.96. The van der Waals surface area contributed by atoms with Crippen molar-refractivity contribution in [1.82, 2.24) is 0 Å². The second-order valence-corrected chi connectivity index (χ2v) is 3.95. The Morgan fingerprint density at radius 3 is 2.76 bits per heavy atom. The molecule has 0 aliphatic carbocycles. The highest BCUT2D eigenvalue weighted by molar-refractivity contribution is 5.94. The fraction of sp³-hybridized carbons (Fsp3) is 0.417. The van der Waals surface area contributed by atoms with Crippen LogP contribution in [0.3, 0.4) is 0 Å². The van der Waals surface area contributed by atoms with Gasteiger partial charge < -0.3 is 15.4 Å². The van der Waals surface area contributed by atoms with E-state index in [4.69, 9.17) is 10.5 Å². The van der Waals surface area contributed by atoms with Crippen molar-refractivity contribution in [3.8, 4) is 5.75 Å². The summed E-state index contributed by atoms with van der Waals surface area (Å²) in [5, 5.41) is 0. The third-order valence-electron chi connectivity index (χ3n) is 2.37. The van der Waals surface area contributed by atoms with Gasteiger partial charge >= 0.3 is 0 Å². The van der Waals surface area contributed by atoms with E-state index in [1.54, 1.807) is 14.0 Å². The Bertz CT molecular complexity index is 407. The van der Waals surface area contributed by atoms with Gasteiger partial charge in [-0.05, 0) is 19.1 Å². The molecule has 4 nitrogen and oxygen atoms in total. The number of hydrogen-bond donors (Lipinski definition) is 1. The van der Waals surface area contributed by atoms with Crippen molar-refractivity contribution in [3.63, 3.8) is 0 Å².